The maximum absolute atomic E-state index is 12.7. The van der Waals surface area contributed by atoms with Crippen LogP contribution in [0.3, 0.4) is 0 Å². The molecule has 31 heavy (non-hydrogen) atoms. The van der Waals surface area contributed by atoms with Crippen molar-refractivity contribution in [2.24, 2.45) is 0 Å². The van der Waals surface area contributed by atoms with Crippen LogP contribution in [0.2, 0.25) is 0 Å². The average molecular weight is 429 g/mol. The molecule has 1 aromatic heterocycles. The molecule has 0 unspecified atom stereocenters. The van der Waals surface area contributed by atoms with E-state index in [9.17, 15) is 18.0 Å². The highest BCUT2D eigenvalue weighted by atomic mass is 19.4. The zero-order valence-corrected chi connectivity index (χ0v) is 17.9. The van der Waals surface area contributed by atoms with Gasteiger partial charge in [0.05, 0.1) is 17.0 Å². The predicted molar refractivity (Wildman–Crippen MR) is 116 cm³/mol. The second-order valence-electron chi connectivity index (χ2n) is 7.01. The van der Waals surface area contributed by atoms with Crippen molar-refractivity contribution in [3.8, 4) is 17.0 Å². The normalized spacial score (nSPS) is 10.8. The molecule has 0 bridgehead atoms. The zero-order valence-electron chi connectivity index (χ0n) is 17.9. The number of carbonyl (C=O) groups is 1. The Hall–Kier alpha value is -3.15. The summed E-state index contributed by atoms with van der Waals surface area (Å²) in [5.74, 6) is 0.611. The Morgan fingerprint density at radius 3 is 2.19 bits per heavy atom. The first-order valence-electron chi connectivity index (χ1n) is 10.1. The summed E-state index contributed by atoms with van der Waals surface area (Å²) >= 11 is 0. The van der Waals surface area contributed by atoms with E-state index in [1.54, 1.807) is 36.4 Å². The highest BCUT2D eigenvalue weighted by Crippen LogP contribution is 2.30. The van der Waals surface area contributed by atoms with E-state index in [0.29, 0.717) is 28.3 Å². The minimum absolute atomic E-state index is 0.203. The third kappa shape index (κ3) is 7.24. The number of carbonyl (C=O) groups excluding carboxylic acids is 1. The molecular formula is C25H26F3NO2. The van der Waals surface area contributed by atoms with Gasteiger partial charge < -0.3 is 4.74 Å². The summed E-state index contributed by atoms with van der Waals surface area (Å²) in [5, 5.41) is 0. The molecule has 6 heteroatoms. The van der Waals surface area contributed by atoms with Crippen molar-refractivity contribution in [1.29, 1.82) is 0 Å². The second kappa shape index (κ2) is 11.3. The highest BCUT2D eigenvalue weighted by molar-refractivity contribution is 5.77. The van der Waals surface area contributed by atoms with E-state index in [-0.39, 0.29) is 6.61 Å². The van der Waals surface area contributed by atoms with Crippen molar-refractivity contribution in [3.05, 3.63) is 83.0 Å². The van der Waals surface area contributed by atoms with Gasteiger partial charge >= 0.3 is 6.18 Å². The summed E-state index contributed by atoms with van der Waals surface area (Å²) in [5.41, 5.74) is 2.52. The molecule has 164 valence electrons. The van der Waals surface area contributed by atoms with Crippen LogP contribution in [0.1, 0.15) is 53.9 Å². The number of ether oxygens (including phenoxy) is 1. The van der Waals surface area contributed by atoms with Crippen LogP contribution in [-0.2, 0) is 12.8 Å². The van der Waals surface area contributed by atoms with E-state index in [2.05, 4.69) is 18.8 Å². The van der Waals surface area contributed by atoms with Gasteiger partial charge in [0.25, 0.3) is 0 Å². The molecule has 0 saturated heterocycles. The minimum Gasteiger partial charge on any atom is -0.487 e. The van der Waals surface area contributed by atoms with Crippen molar-refractivity contribution in [3.63, 3.8) is 0 Å². The number of halogens is 3. The molecule has 0 amide bonds. The van der Waals surface area contributed by atoms with Gasteiger partial charge in [0, 0.05) is 11.1 Å². The van der Waals surface area contributed by atoms with Crippen LogP contribution in [0.15, 0.2) is 60.7 Å². The van der Waals surface area contributed by atoms with Crippen LogP contribution < -0.4 is 4.74 Å². The Bertz CT molecular complexity index is 981. The van der Waals surface area contributed by atoms with E-state index in [0.717, 1.165) is 24.0 Å². The summed E-state index contributed by atoms with van der Waals surface area (Å²) in [7, 11) is 0. The van der Waals surface area contributed by atoms with Crippen LogP contribution in [0.5, 0.6) is 5.75 Å². The van der Waals surface area contributed by atoms with Crippen LogP contribution >= 0.6 is 0 Å². The van der Waals surface area contributed by atoms with Gasteiger partial charge in [-0.1, -0.05) is 44.9 Å². The molecule has 0 atom stereocenters. The maximum Gasteiger partial charge on any atom is 0.416 e. The lowest BCUT2D eigenvalue weighted by Gasteiger charge is -2.10. The molecule has 2 aromatic carbocycles. The Balaban J connectivity index is 0.000000785. The fourth-order valence-electron chi connectivity index (χ4n) is 2.58. The molecule has 0 aliphatic rings. The summed E-state index contributed by atoms with van der Waals surface area (Å²) < 4.78 is 43.7. The number of hydrogen-bond donors (Lipinski definition) is 0. The number of aryl methyl sites for hydroxylation is 1. The smallest absolute Gasteiger partial charge is 0.416 e. The largest absolute Gasteiger partial charge is 0.487 e. The minimum atomic E-state index is -4.36. The molecule has 1 heterocycles. The molecule has 3 nitrogen and oxygen atoms in total. The fraction of sp³-hybridized carbons (Fsp3) is 0.280. The number of aldehydes is 1. The molecule has 0 aliphatic heterocycles. The van der Waals surface area contributed by atoms with Crippen LogP contribution in [0.25, 0.3) is 11.3 Å². The molecule has 0 spiro atoms. The van der Waals surface area contributed by atoms with Gasteiger partial charge in [-0.25, -0.2) is 4.98 Å². The molecule has 0 fully saturated rings. The number of hydrogen-bond acceptors (Lipinski definition) is 3. The topological polar surface area (TPSA) is 39.2 Å². The Kier molecular flexibility index (Phi) is 8.79. The van der Waals surface area contributed by atoms with Crippen LogP contribution in [0.4, 0.5) is 13.2 Å². The number of pyridine rings is 1. The molecule has 0 saturated carbocycles. The molecule has 3 aromatic rings. The monoisotopic (exact) mass is 429 g/mol. The third-order valence-corrected chi connectivity index (χ3v) is 4.57. The Morgan fingerprint density at radius 1 is 0.968 bits per heavy atom. The zero-order chi connectivity index (χ0) is 22.9. The number of aromatic nitrogens is 1. The number of benzene rings is 2. The van der Waals surface area contributed by atoms with Crippen molar-refractivity contribution in [1.82, 2.24) is 4.98 Å². The SMILES string of the molecule is CCCC.Cc1cc(OCc2cccc(-c3ccc(C(F)(F)F)cc3)n2)ccc1C=O. The second-order valence-corrected chi connectivity index (χ2v) is 7.01. The fourth-order valence-corrected chi connectivity index (χ4v) is 2.58. The summed E-state index contributed by atoms with van der Waals surface area (Å²) in [6.07, 6.45) is -0.937. The van der Waals surface area contributed by atoms with E-state index >= 15 is 0 Å². The van der Waals surface area contributed by atoms with Crippen LogP contribution in [-0.4, -0.2) is 11.3 Å². The van der Waals surface area contributed by atoms with Crippen molar-refractivity contribution in [2.75, 3.05) is 0 Å². The highest BCUT2D eigenvalue weighted by Gasteiger charge is 2.30. The lowest BCUT2D eigenvalue weighted by molar-refractivity contribution is -0.137. The first-order chi connectivity index (χ1) is 14.8. The van der Waals surface area contributed by atoms with Gasteiger partial charge in [-0.05, 0) is 55.0 Å². The van der Waals surface area contributed by atoms with Gasteiger partial charge in [0.2, 0.25) is 0 Å². The lowest BCUT2D eigenvalue weighted by atomic mass is 10.1. The van der Waals surface area contributed by atoms with E-state index in [1.807, 2.05) is 6.92 Å². The van der Waals surface area contributed by atoms with E-state index in [1.165, 1.54) is 25.0 Å². The lowest BCUT2D eigenvalue weighted by Crippen LogP contribution is -2.04. The van der Waals surface area contributed by atoms with Gasteiger partial charge in [0.15, 0.2) is 0 Å². The Morgan fingerprint density at radius 2 is 1.65 bits per heavy atom. The van der Waals surface area contributed by atoms with E-state index < -0.39 is 11.7 Å². The standard InChI is InChI=1S/C21H16F3NO2.C4H10/c1-14-11-19(10-7-16(14)12-26)27-13-18-3-2-4-20(25-18)15-5-8-17(9-6-15)21(22,23)24;1-3-4-2/h2-12H,13H2,1H3;3-4H2,1-2H3. The number of rotatable bonds is 6. The molecule has 0 radical (unpaired) electrons. The molecule has 0 N–H and O–H groups in total. The van der Waals surface area contributed by atoms with Crippen molar-refractivity contribution in [2.45, 2.75) is 46.4 Å². The van der Waals surface area contributed by atoms with Gasteiger partial charge in [0.1, 0.15) is 18.6 Å². The quantitative estimate of drug-likeness (QED) is 0.387. The number of unbranched alkanes of at least 4 members (excludes halogenated alkanes) is 1. The average Bonchev–Trinajstić information content (AvgIpc) is 2.77. The van der Waals surface area contributed by atoms with Crippen molar-refractivity contribution < 1.29 is 22.7 Å². The number of nitrogens with zero attached hydrogens (tertiary/aromatic N) is 1. The van der Waals surface area contributed by atoms with Gasteiger partial charge in [-0.2, -0.15) is 13.2 Å². The predicted octanol–water partition coefficient (Wildman–Crippen LogP) is 7.27. The molecule has 0 aliphatic carbocycles. The van der Waals surface area contributed by atoms with Gasteiger partial charge in [-0.3, -0.25) is 4.79 Å². The van der Waals surface area contributed by atoms with Crippen molar-refractivity contribution >= 4 is 6.29 Å². The third-order valence-electron chi connectivity index (χ3n) is 4.57. The first kappa shape index (κ1) is 24.1. The summed E-state index contributed by atoms with van der Waals surface area (Å²) in [6.45, 7) is 6.38. The van der Waals surface area contributed by atoms with Gasteiger partial charge in [-0.15, -0.1) is 0 Å². The number of alkyl halides is 3. The Labute approximate surface area is 180 Å². The van der Waals surface area contributed by atoms with Crippen LogP contribution in [0, 0.1) is 6.92 Å². The summed E-state index contributed by atoms with van der Waals surface area (Å²) in [6, 6.07) is 15.3. The summed E-state index contributed by atoms with van der Waals surface area (Å²) in [4.78, 5) is 15.3. The maximum atomic E-state index is 12.7. The molecular weight excluding hydrogens is 403 g/mol. The molecule has 3 rings (SSSR count). The first-order valence-corrected chi connectivity index (χ1v) is 10.1. The van der Waals surface area contributed by atoms with E-state index in [4.69, 9.17) is 4.74 Å².